The zero-order chi connectivity index (χ0) is 10.7. The molecule has 2 heteroatoms. The average molecular weight is 211 g/mol. The van der Waals surface area contributed by atoms with E-state index in [-0.39, 0.29) is 5.02 Å². The van der Waals surface area contributed by atoms with Gasteiger partial charge in [0.05, 0.1) is 5.02 Å². The molecule has 0 radical (unpaired) electrons. The first kappa shape index (κ1) is 11.0. The molecule has 0 aliphatic carbocycles. The Morgan fingerprint density at radius 2 is 2.21 bits per heavy atom. The smallest absolute Gasteiger partial charge is 0.142 e. The number of hydrogen-bond donors (Lipinski definition) is 0. The van der Waals surface area contributed by atoms with E-state index in [2.05, 4.69) is 13.2 Å². The van der Waals surface area contributed by atoms with Crippen molar-refractivity contribution in [2.75, 3.05) is 0 Å². The topological polar surface area (TPSA) is 0 Å². The van der Waals surface area contributed by atoms with Gasteiger partial charge < -0.3 is 0 Å². The van der Waals surface area contributed by atoms with E-state index in [0.717, 1.165) is 16.7 Å². The van der Waals surface area contributed by atoms with E-state index in [1.807, 2.05) is 6.92 Å². The highest BCUT2D eigenvalue weighted by Crippen LogP contribution is 2.25. The molecule has 74 valence electrons. The molecule has 0 fully saturated rings. The normalized spacial score (nSPS) is 9.93. The summed E-state index contributed by atoms with van der Waals surface area (Å²) < 4.78 is 13.2. The van der Waals surface area contributed by atoms with E-state index in [1.54, 1.807) is 12.1 Å². The van der Waals surface area contributed by atoms with Crippen molar-refractivity contribution >= 4 is 17.2 Å². The summed E-state index contributed by atoms with van der Waals surface area (Å²) >= 11 is 5.64. The van der Waals surface area contributed by atoms with Gasteiger partial charge in [0.2, 0.25) is 0 Å². The van der Waals surface area contributed by atoms with Crippen LogP contribution in [0.25, 0.3) is 5.57 Å². The van der Waals surface area contributed by atoms with Gasteiger partial charge in [-0.3, -0.25) is 0 Å². The van der Waals surface area contributed by atoms with Crippen molar-refractivity contribution in [1.82, 2.24) is 0 Å². The van der Waals surface area contributed by atoms with Gasteiger partial charge >= 0.3 is 0 Å². The molecule has 1 aromatic rings. The molecule has 0 aliphatic rings. The van der Waals surface area contributed by atoms with Gasteiger partial charge in [-0.2, -0.15) is 0 Å². The van der Waals surface area contributed by atoms with Crippen LogP contribution in [0, 0.1) is 12.7 Å². The van der Waals surface area contributed by atoms with E-state index in [1.165, 1.54) is 6.07 Å². The Morgan fingerprint density at radius 1 is 1.57 bits per heavy atom. The van der Waals surface area contributed by atoms with Gasteiger partial charge in [0.25, 0.3) is 0 Å². The van der Waals surface area contributed by atoms with E-state index >= 15 is 0 Å². The number of rotatable bonds is 3. The molecule has 1 rings (SSSR count). The van der Waals surface area contributed by atoms with Crippen LogP contribution >= 0.6 is 11.6 Å². The molecule has 1 aromatic carbocycles. The third-order valence-corrected chi connectivity index (χ3v) is 2.33. The Labute approximate surface area is 88.7 Å². The summed E-state index contributed by atoms with van der Waals surface area (Å²) in [6.07, 6.45) is 2.40. The maximum atomic E-state index is 13.2. The number of aryl methyl sites for hydroxylation is 1. The van der Waals surface area contributed by atoms with Gasteiger partial charge in [-0.15, -0.1) is 6.58 Å². The maximum Gasteiger partial charge on any atom is 0.142 e. The second-order valence-electron chi connectivity index (χ2n) is 3.18. The van der Waals surface area contributed by atoms with Gasteiger partial charge in [0.15, 0.2) is 0 Å². The van der Waals surface area contributed by atoms with Gasteiger partial charge in [0, 0.05) is 0 Å². The van der Waals surface area contributed by atoms with Gasteiger partial charge in [-0.1, -0.05) is 24.3 Å². The van der Waals surface area contributed by atoms with Gasteiger partial charge in [0.1, 0.15) is 5.82 Å². The number of halogens is 2. The van der Waals surface area contributed by atoms with Gasteiger partial charge in [-0.05, 0) is 42.2 Å². The zero-order valence-electron chi connectivity index (χ0n) is 8.11. The lowest BCUT2D eigenvalue weighted by atomic mass is 9.99. The summed E-state index contributed by atoms with van der Waals surface area (Å²) in [7, 11) is 0. The standard InChI is InChI=1S/C12H12ClF/c1-4-5-8(2)10-7-12(14)11(13)6-9(10)3/h4,6-7H,1-2,5H2,3H3. The van der Waals surface area contributed by atoms with E-state index in [4.69, 9.17) is 11.6 Å². The first-order valence-electron chi connectivity index (χ1n) is 4.31. The molecule has 0 spiro atoms. The molecule has 0 heterocycles. The highest BCUT2D eigenvalue weighted by Gasteiger charge is 2.07. The molecule has 0 unspecified atom stereocenters. The van der Waals surface area contributed by atoms with Crippen LogP contribution in [0.15, 0.2) is 31.4 Å². The summed E-state index contributed by atoms with van der Waals surface area (Å²) in [5.41, 5.74) is 2.60. The minimum Gasteiger partial charge on any atom is -0.205 e. The third-order valence-electron chi connectivity index (χ3n) is 2.04. The third kappa shape index (κ3) is 2.24. The lowest BCUT2D eigenvalue weighted by molar-refractivity contribution is 0.627. The van der Waals surface area contributed by atoms with Crippen molar-refractivity contribution < 1.29 is 4.39 Å². The quantitative estimate of drug-likeness (QED) is 0.650. The fourth-order valence-electron chi connectivity index (χ4n) is 1.31. The summed E-state index contributed by atoms with van der Waals surface area (Å²) in [6.45, 7) is 9.36. The van der Waals surface area contributed by atoms with Crippen LogP contribution < -0.4 is 0 Å². The molecule has 0 N–H and O–H groups in total. The fraction of sp³-hybridized carbons (Fsp3) is 0.167. The molecule has 0 amide bonds. The van der Waals surface area contributed by atoms with Crippen molar-refractivity contribution in [2.24, 2.45) is 0 Å². The summed E-state index contributed by atoms with van der Waals surface area (Å²) in [5.74, 6) is -0.405. The zero-order valence-corrected chi connectivity index (χ0v) is 8.87. The first-order chi connectivity index (χ1) is 6.56. The van der Waals surface area contributed by atoms with Crippen molar-refractivity contribution in [2.45, 2.75) is 13.3 Å². The van der Waals surface area contributed by atoms with Crippen molar-refractivity contribution in [3.8, 4) is 0 Å². The van der Waals surface area contributed by atoms with E-state index in [9.17, 15) is 4.39 Å². The number of benzene rings is 1. The molecule has 0 nitrogen and oxygen atoms in total. The molecule has 0 saturated carbocycles. The van der Waals surface area contributed by atoms with Crippen LogP contribution in [0.1, 0.15) is 17.5 Å². The summed E-state index contributed by atoms with van der Waals surface area (Å²) in [4.78, 5) is 0. The Balaban J connectivity index is 3.15. The summed E-state index contributed by atoms with van der Waals surface area (Å²) in [6, 6.07) is 3.03. The SMILES string of the molecule is C=CCC(=C)c1cc(F)c(Cl)cc1C. The first-order valence-corrected chi connectivity index (χ1v) is 4.68. The van der Waals surface area contributed by atoms with Crippen molar-refractivity contribution in [3.63, 3.8) is 0 Å². The number of allylic oxidation sites excluding steroid dienone is 2. The van der Waals surface area contributed by atoms with Crippen LogP contribution in [-0.2, 0) is 0 Å². The lowest BCUT2D eigenvalue weighted by Crippen LogP contribution is -1.90. The van der Waals surface area contributed by atoms with Crippen LogP contribution in [0.2, 0.25) is 5.02 Å². The van der Waals surface area contributed by atoms with Crippen LogP contribution in [-0.4, -0.2) is 0 Å². The predicted molar refractivity (Wildman–Crippen MR) is 60.0 cm³/mol. The maximum absolute atomic E-state index is 13.2. The summed E-state index contributed by atoms with van der Waals surface area (Å²) in [5, 5.41) is 0.151. The highest BCUT2D eigenvalue weighted by molar-refractivity contribution is 6.30. The molecule has 0 saturated heterocycles. The molecule has 0 aromatic heterocycles. The van der Waals surface area contributed by atoms with E-state index in [0.29, 0.717) is 6.42 Å². The minimum absolute atomic E-state index is 0.151. The minimum atomic E-state index is -0.405. The second-order valence-corrected chi connectivity index (χ2v) is 3.58. The van der Waals surface area contributed by atoms with E-state index < -0.39 is 5.82 Å². The molecule has 0 bridgehead atoms. The highest BCUT2D eigenvalue weighted by atomic mass is 35.5. The fourth-order valence-corrected chi connectivity index (χ4v) is 1.53. The predicted octanol–water partition coefficient (Wildman–Crippen LogP) is 4.38. The Hall–Kier alpha value is -1.08. The van der Waals surface area contributed by atoms with Crippen molar-refractivity contribution in [1.29, 1.82) is 0 Å². The lowest BCUT2D eigenvalue weighted by Gasteiger charge is -2.08. The van der Waals surface area contributed by atoms with Crippen LogP contribution in [0.5, 0.6) is 0 Å². The number of hydrogen-bond acceptors (Lipinski definition) is 0. The monoisotopic (exact) mass is 210 g/mol. The molecular weight excluding hydrogens is 199 g/mol. The van der Waals surface area contributed by atoms with Crippen molar-refractivity contribution in [3.05, 3.63) is 53.3 Å². The Bertz CT molecular complexity index is 380. The van der Waals surface area contributed by atoms with Crippen LogP contribution in [0.4, 0.5) is 4.39 Å². The molecule has 0 aliphatic heterocycles. The Morgan fingerprint density at radius 3 is 2.79 bits per heavy atom. The Kier molecular flexibility index (Phi) is 3.48. The molecular formula is C12H12ClF. The van der Waals surface area contributed by atoms with Gasteiger partial charge in [-0.25, -0.2) is 4.39 Å². The molecule has 0 atom stereocenters. The molecule has 14 heavy (non-hydrogen) atoms. The second kappa shape index (κ2) is 4.43. The van der Waals surface area contributed by atoms with Crippen LogP contribution in [0.3, 0.4) is 0 Å². The largest absolute Gasteiger partial charge is 0.205 e. The average Bonchev–Trinajstić information content (AvgIpc) is 2.11.